The fourth-order valence-corrected chi connectivity index (χ4v) is 0.269. The van der Waals surface area contributed by atoms with Crippen molar-refractivity contribution in [3.05, 3.63) is 0 Å². The molecule has 0 aromatic carbocycles. The molecule has 52 valence electrons. The Kier molecular flexibility index (Phi) is 2.70. The molecule has 0 spiro atoms. The lowest BCUT2D eigenvalue weighted by Crippen LogP contribution is -2.21. The van der Waals surface area contributed by atoms with Crippen LogP contribution in [0.25, 0.3) is 0 Å². The molecular weight excluding hydrogens is 153 g/mol. The average molecular weight is 157 g/mol. The van der Waals surface area contributed by atoms with Crippen LogP contribution in [0.3, 0.4) is 0 Å². The monoisotopic (exact) mass is 156 g/mol. The summed E-state index contributed by atoms with van der Waals surface area (Å²) >= 11 is 4.22. The maximum absolute atomic E-state index is 11.6. The number of aldehydes is 1. The number of halogens is 3. The van der Waals surface area contributed by atoms with E-state index in [4.69, 9.17) is 0 Å². The van der Waals surface area contributed by atoms with E-state index < -0.39 is 17.6 Å². The molecule has 0 heterocycles. The third kappa shape index (κ3) is 3.13. The maximum Gasteiger partial charge on any atom is 0.380 e. The zero-order valence-electron chi connectivity index (χ0n) is 4.23. The molecule has 2 nitrogen and oxygen atoms in total. The second-order valence-corrected chi connectivity index (χ2v) is 1.77. The van der Waals surface area contributed by atoms with E-state index in [-0.39, 0.29) is 6.29 Å². The molecule has 0 atom stereocenters. The highest BCUT2D eigenvalue weighted by atomic mass is 35.5. The van der Waals surface area contributed by atoms with Crippen LogP contribution in [-0.4, -0.2) is 17.5 Å². The number of alkyl halides is 3. The van der Waals surface area contributed by atoms with Crippen molar-refractivity contribution in [2.24, 2.45) is 0 Å². The second kappa shape index (κ2) is 2.87. The van der Waals surface area contributed by atoms with Crippen LogP contribution in [0.2, 0.25) is 0 Å². The lowest BCUT2D eigenvalue weighted by molar-refractivity contribution is -0.134. The first-order valence-electron chi connectivity index (χ1n) is 2.02. The van der Waals surface area contributed by atoms with Crippen LogP contribution in [0.5, 0.6) is 0 Å². The Morgan fingerprint density at radius 1 is 1.67 bits per heavy atom. The third-order valence-corrected chi connectivity index (χ3v) is 0.796. The Morgan fingerprint density at radius 2 is 2.11 bits per heavy atom. The maximum atomic E-state index is 11.6. The van der Waals surface area contributed by atoms with Gasteiger partial charge in [-0.3, -0.25) is 4.79 Å². The van der Waals surface area contributed by atoms with E-state index in [9.17, 15) is 18.4 Å². The highest BCUT2D eigenvalue weighted by Gasteiger charge is 2.34. The number of Topliss-reactive ketones (excluding diaryl/α,β-unsaturated/α-hetero) is 1. The number of rotatable bonds is 3. The van der Waals surface area contributed by atoms with Gasteiger partial charge in [0.15, 0.2) is 0 Å². The fraction of sp³-hybridized carbons (Fsp3) is 0.500. The van der Waals surface area contributed by atoms with Crippen molar-refractivity contribution >= 4 is 23.7 Å². The highest BCUT2D eigenvalue weighted by molar-refractivity contribution is 6.33. The summed E-state index contributed by atoms with van der Waals surface area (Å²) < 4.78 is 23.1. The Hall–Kier alpha value is -0.510. The van der Waals surface area contributed by atoms with Crippen molar-refractivity contribution in [2.45, 2.75) is 11.8 Å². The van der Waals surface area contributed by atoms with Crippen molar-refractivity contribution in [2.75, 3.05) is 0 Å². The van der Waals surface area contributed by atoms with Gasteiger partial charge >= 0.3 is 5.38 Å². The lowest BCUT2D eigenvalue weighted by atomic mass is 10.3. The van der Waals surface area contributed by atoms with Crippen LogP contribution in [0.4, 0.5) is 8.78 Å². The zero-order chi connectivity index (χ0) is 7.49. The summed E-state index contributed by atoms with van der Waals surface area (Å²) in [7, 11) is 0. The largest absolute Gasteiger partial charge is 0.380 e. The van der Waals surface area contributed by atoms with Crippen molar-refractivity contribution in [3.8, 4) is 0 Å². The standard InChI is InChI=1S/C4H3ClF2O2/c5-4(6,7)3(9)1-2-8/h2H,1H2. The molecule has 0 saturated carbocycles. The smallest absolute Gasteiger partial charge is 0.303 e. The summed E-state index contributed by atoms with van der Waals surface area (Å²) in [6, 6.07) is 0. The first-order valence-corrected chi connectivity index (χ1v) is 2.40. The van der Waals surface area contributed by atoms with Gasteiger partial charge in [-0.1, -0.05) is 0 Å². The van der Waals surface area contributed by atoms with Gasteiger partial charge in [-0.15, -0.1) is 0 Å². The Balaban J connectivity index is 3.88. The molecule has 0 fully saturated rings. The minimum atomic E-state index is -3.89. The van der Waals surface area contributed by atoms with Gasteiger partial charge in [-0.05, 0) is 11.6 Å². The molecule has 0 radical (unpaired) electrons. The Morgan fingerprint density at radius 3 is 2.22 bits per heavy atom. The summed E-state index contributed by atoms with van der Waals surface area (Å²) in [4.78, 5) is 19.4. The molecule has 0 aliphatic rings. The topological polar surface area (TPSA) is 34.1 Å². The second-order valence-electron chi connectivity index (χ2n) is 1.29. The van der Waals surface area contributed by atoms with E-state index in [1.807, 2.05) is 0 Å². The van der Waals surface area contributed by atoms with Gasteiger partial charge in [0, 0.05) is 0 Å². The molecule has 5 heteroatoms. The van der Waals surface area contributed by atoms with Crippen molar-refractivity contribution in [3.63, 3.8) is 0 Å². The molecule has 0 N–H and O–H groups in total. The summed E-state index contributed by atoms with van der Waals surface area (Å²) in [5.74, 6) is -1.57. The predicted octanol–water partition coefficient (Wildman–Crippen LogP) is 0.976. The molecule has 0 saturated heterocycles. The SMILES string of the molecule is O=CCC(=O)C(F)(F)Cl. The molecular formula is C4H3ClF2O2. The molecule has 0 amide bonds. The van der Waals surface area contributed by atoms with Crippen LogP contribution >= 0.6 is 11.6 Å². The van der Waals surface area contributed by atoms with Crippen molar-refractivity contribution < 1.29 is 18.4 Å². The van der Waals surface area contributed by atoms with Crippen LogP contribution in [-0.2, 0) is 9.59 Å². The van der Waals surface area contributed by atoms with E-state index in [1.54, 1.807) is 0 Å². The van der Waals surface area contributed by atoms with Gasteiger partial charge in [0.25, 0.3) is 0 Å². The molecule has 9 heavy (non-hydrogen) atoms. The molecule has 0 aromatic heterocycles. The fourth-order valence-electron chi connectivity index (χ4n) is 0.191. The van der Waals surface area contributed by atoms with E-state index in [1.165, 1.54) is 0 Å². The van der Waals surface area contributed by atoms with Crippen LogP contribution in [0.1, 0.15) is 6.42 Å². The van der Waals surface area contributed by atoms with Gasteiger partial charge in [0.2, 0.25) is 5.78 Å². The first-order chi connectivity index (χ1) is 3.98. The van der Waals surface area contributed by atoms with Gasteiger partial charge in [-0.25, -0.2) is 0 Å². The van der Waals surface area contributed by atoms with E-state index in [2.05, 4.69) is 11.6 Å². The van der Waals surface area contributed by atoms with Gasteiger partial charge in [0.05, 0.1) is 6.42 Å². The Bertz CT molecular complexity index is 129. The Labute approximate surface area is 54.8 Å². The molecule has 0 aliphatic carbocycles. The summed E-state index contributed by atoms with van der Waals surface area (Å²) in [5.41, 5.74) is 0. The molecule has 0 unspecified atom stereocenters. The predicted molar refractivity (Wildman–Crippen MR) is 26.5 cm³/mol. The third-order valence-electron chi connectivity index (χ3n) is 0.585. The van der Waals surface area contributed by atoms with Crippen LogP contribution in [0, 0.1) is 0 Å². The molecule has 0 aliphatic heterocycles. The lowest BCUT2D eigenvalue weighted by Gasteiger charge is -2.00. The van der Waals surface area contributed by atoms with E-state index in [0.29, 0.717) is 0 Å². The number of carbonyl (C=O) groups excluding carboxylic acids is 2. The van der Waals surface area contributed by atoms with Gasteiger partial charge in [-0.2, -0.15) is 8.78 Å². The van der Waals surface area contributed by atoms with Crippen LogP contribution in [0.15, 0.2) is 0 Å². The van der Waals surface area contributed by atoms with Crippen molar-refractivity contribution in [1.29, 1.82) is 0 Å². The van der Waals surface area contributed by atoms with Gasteiger partial charge in [0.1, 0.15) is 6.29 Å². The molecule has 0 aromatic rings. The number of ketones is 1. The van der Waals surface area contributed by atoms with Crippen LogP contribution < -0.4 is 0 Å². The number of hydrogen-bond donors (Lipinski definition) is 0. The van der Waals surface area contributed by atoms with Crippen molar-refractivity contribution in [1.82, 2.24) is 0 Å². The minimum Gasteiger partial charge on any atom is -0.303 e. The quantitative estimate of drug-likeness (QED) is 0.347. The summed E-state index contributed by atoms with van der Waals surface area (Å²) in [6.07, 6.45) is -0.755. The first kappa shape index (κ1) is 8.49. The van der Waals surface area contributed by atoms with Gasteiger partial charge < -0.3 is 4.79 Å². The summed E-state index contributed by atoms with van der Waals surface area (Å²) in [6.45, 7) is 0. The van der Waals surface area contributed by atoms with E-state index >= 15 is 0 Å². The number of hydrogen-bond acceptors (Lipinski definition) is 2. The normalized spacial score (nSPS) is 11.0. The number of carbonyl (C=O) groups is 2. The molecule has 0 bridgehead atoms. The highest BCUT2D eigenvalue weighted by Crippen LogP contribution is 2.20. The average Bonchev–Trinajstić information content (AvgIpc) is 1.64. The molecule has 0 rings (SSSR count). The summed E-state index contributed by atoms with van der Waals surface area (Å²) in [5, 5.41) is -3.89. The minimum absolute atomic E-state index is 0.0820. The van der Waals surface area contributed by atoms with E-state index in [0.717, 1.165) is 0 Å². The zero-order valence-corrected chi connectivity index (χ0v) is 4.99.